The Morgan fingerprint density at radius 2 is 2.18 bits per heavy atom. The first-order valence-electron chi connectivity index (χ1n) is 5.39. The minimum absolute atomic E-state index is 0.709. The molecule has 0 radical (unpaired) electrons. The van der Waals surface area contributed by atoms with Gasteiger partial charge in [-0.1, -0.05) is 27.2 Å². The number of rotatable bonds is 2. The molecule has 0 saturated carbocycles. The molecule has 0 aliphatic carbocycles. The van der Waals surface area contributed by atoms with Crippen molar-refractivity contribution in [3.8, 4) is 0 Å². The number of aromatic nitrogens is 2. The van der Waals surface area contributed by atoms with Gasteiger partial charge in [0.25, 0.3) is 0 Å². The van der Waals surface area contributed by atoms with E-state index in [-0.39, 0.29) is 0 Å². The van der Waals surface area contributed by atoms with E-state index in [0.29, 0.717) is 6.54 Å². The molecule has 0 N–H and O–H groups in total. The van der Waals surface area contributed by atoms with Crippen molar-refractivity contribution in [2.24, 2.45) is 0 Å². The first-order chi connectivity index (χ1) is 8.22. The fourth-order valence-electron chi connectivity index (χ4n) is 1.95. The van der Waals surface area contributed by atoms with Crippen molar-refractivity contribution in [2.75, 3.05) is 0 Å². The first-order valence-corrected chi connectivity index (χ1v) is 6.18. The van der Waals surface area contributed by atoms with Crippen LogP contribution in [-0.2, 0) is 6.54 Å². The summed E-state index contributed by atoms with van der Waals surface area (Å²) in [5.41, 5.74) is 2.10. The van der Waals surface area contributed by atoms with Gasteiger partial charge >= 0.3 is 0 Å². The third-order valence-corrected chi connectivity index (χ3v) is 3.23. The lowest BCUT2D eigenvalue weighted by molar-refractivity contribution is 0.374. The third kappa shape index (κ3) is 2.00. The van der Waals surface area contributed by atoms with Crippen molar-refractivity contribution in [1.82, 2.24) is 9.72 Å². The van der Waals surface area contributed by atoms with Crippen LogP contribution in [0.4, 0.5) is 0 Å². The molecule has 0 unspecified atom stereocenters. The molecule has 2 aromatic heterocycles. The number of aryl methyl sites for hydroxylation is 1. The largest absolute Gasteiger partial charge is 0.359 e. The molecule has 3 nitrogen and oxygen atoms in total. The van der Waals surface area contributed by atoms with E-state index in [9.17, 15) is 0 Å². The molecular weight excluding hydrogens is 280 g/mol. The summed E-state index contributed by atoms with van der Waals surface area (Å²) >= 11 is 3.49. The van der Waals surface area contributed by atoms with Gasteiger partial charge in [-0.3, -0.25) is 0 Å². The molecule has 0 saturated heterocycles. The molecule has 0 bridgehead atoms. The molecular formula is C13H11BrN2O. The lowest BCUT2D eigenvalue weighted by Crippen LogP contribution is -1.96. The van der Waals surface area contributed by atoms with Crippen molar-refractivity contribution in [3.63, 3.8) is 0 Å². The topological polar surface area (TPSA) is 31.0 Å². The summed E-state index contributed by atoms with van der Waals surface area (Å²) in [5, 5.41) is 5.12. The van der Waals surface area contributed by atoms with Crippen LogP contribution in [0, 0.1) is 6.92 Å². The SMILES string of the molecule is Cc1cc(Cn2ccc3ccc(Br)cc32)on1. The quantitative estimate of drug-likeness (QED) is 0.720. The Kier molecular flexibility index (Phi) is 2.52. The van der Waals surface area contributed by atoms with Gasteiger partial charge in [-0.15, -0.1) is 0 Å². The van der Waals surface area contributed by atoms with Crippen LogP contribution in [-0.4, -0.2) is 9.72 Å². The Balaban J connectivity index is 2.03. The van der Waals surface area contributed by atoms with Crippen LogP contribution in [0.1, 0.15) is 11.5 Å². The van der Waals surface area contributed by atoms with Gasteiger partial charge < -0.3 is 9.09 Å². The maximum absolute atomic E-state index is 5.23. The average Bonchev–Trinajstić information content (AvgIpc) is 2.87. The van der Waals surface area contributed by atoms with Gasteiger partial charge in [0.2, 0.25) is 0 Å². The van der Waals surface area contributed by atoms with Gasteiger partial charge in [-0.2, -0.15) is 0 Å². The molecule has 3 aromatic rings. The lowest BCUT2D eigenvalue weighted by Gasteiger charge is -2.02. The van der Waals surface area contributed by atoms with E-state index in [2.05, 4.69) is 50.0 Å². The third-order valence-electron chi connectivity index (χ3n) is 2.74. The second-order valence-electron chi connectivity index (χ2n) is 4.08. The summed E-state index contributed by atoms with van der Waals surface area (Å²) in [6.07, 6.45) is 2.06. The number of fused-ring (bicyclic) bond motifs is 1. The summed E-state index contributed by atoms with van der Waals surface area (Å²) in [6.45, 7) is 2.64. The fraction of sp³-hybridized carbons (Fsp3) is 0.154. The molecule has 0 aliphatic heterocycles. The highest BCUT2D eigenvalue weighted by atomic mass is 79.9. The zero-order valence-electron chi connectivity index (χ0n) is 9.35. The van der Waals surface area contributed by atoms with E-state index >= 15 is 0 Å². The Hall–Kier alpha value is -1.55. The maximum Gasteiger partial charge on any atom is 0.156 e. The Bertz CT molecular complexity index is 669. The summed E-state index contributed by atoms with van der Waals surface area (Å²) < 4.78 is 8.47. The van der Waals surface area contributed by atoms with Crippen LogP contribution >= 0.6 is 15.9 Å². The minimum Gasteiger partial charge on any atom is -0.359 e. The highest BCUT2D eigenvalue weighted by molar-refractivity contribution is 9.10. The van der Waals surface area contributed by atoms with Crippen molar-refractivity contribution >= 4 is 26.8 Å². The normalized spacial score (nSPS) is 11.2. The van der Waals surface area contributed by atoms with Crippen LogP contribution in [0.3, 0.4) is 0 Å². The predicted molar refractivity (Wildman–Crippen MR) is 70.0 cm³/mol. The minimum atomic E-state index is 0.709. The van der Waals surface area contributed by atoms with Gasteiger partial charge in [0.05, 0.1) is 12.2 Å². The van der Waals surface area contributed by atoms with Gasteiger partial charge in [-0.25, -0.2) is 0 Å². The molecule has 17 heavy (non-hydrogen) atoms. The Morgan fingerprint density at radius 1 is 1.29 bits per heavy atom. The monoisotopic (exact) mass is 290 g/mol. The highest BCUT2D eigenvalue weighted by Gasteiger charge is 2.05. The van der Waals surface area contributed by atoms with E-state index < -0.39 is 0 Å². The van der Waals surface area contributed by atoms with Gasteiger partial charge in [0, 0.05) is 22.3 Å². The second-order valence-corrected chi connectivity index (χ2v) is 5.00. The molecule has 0 fully saturated rings. The van der Waals surface area contributed by atoms with Crippen LogP contribution in [0.15, 0.2) is 45.5 Å². The van der Waals surface area contributed by atoms with Crippen molar-refractivity contribution < 1.29 is 4.52 Å². The maximum atomic E-state index is 5.23. The van der Waals surface area contributed by atoms with Crippen molar-refractivity contribution in [3.05, 3.63) is 52.5 Å². The Morgan fingerprint density at radius 3 is 2.94 bits per heavy atom. The van der Waals surface area contributed by atoms with E-state index in [4.69, 9.17) is 4.52 Å². The van der Waals surface area contributed by atoms with Gasteiger partial charge in [0.1, 0.15) is 0 Å². The van der Waals surface area contributed by atoms with E-state index in [0.717, 1.165) is 15.9 Å². The smallest absolute Gasteiger partial charge is 0.156 e. The number of halogens is 1. The van der Waals surface area contributed by atoms with Gasteiger partial charge in [0.15, 0.2) is 5.76 Å². The number of benzene rings is 1. The lowest BCUT2D eigenvalue weighted by atomic mass is 10.2. The first kappa shape index (κ1) is 10.6. The fourth-order valence-corrected chi connectivity index (χ4v) is 2.30. The summed E-state index contributed by atoms with van der Waals surface area (Å²) in [7, 11) is 0. The number of hydrogen-bond acceptors (Lipinski definition) is 2. The van der Waals surface area contributed by atoms with E-state index in [1.807, 2.05) is 19.1 Å². The molecule has 0 aliphatic rings. The molecule has 86 valence electrons. The van der Waals surface area contributed by atoms with Crippen LogP contribution < -0.4 is 0 Å². The molecule has 1 aromatic carbocycles. The van der Waals surface area contributed by atoms with Crippen LogP contribution in [0.2, 0.25) is 0 Å². The molecule has 0 amide bonds. The average molecular weight is 291 g/mol. The molecule has 3 rings (SSSR count). The van der Waals surface area contributed by atoms with E-state index in [1.54, 1.807) is 0 Å². The molecule has 4 heteroatoms. The van der Waals surface area contributed by atoms with Gasteiger partial charge in [-0.05, 0) is 30.5 Å². The van der Waals surface area contributed by atoms with Crippen molar-refractivity contribution in [1.29, 1.82) is 0 Å². The molecule has 2 heterocycles. The zero-order valence-corrected chi connectivity index (χ0v) is 10.9. The number of hydrogen-bond donors (Lipinski definition) is 0. The predicted octanol–water partition coefficient (Wildman–Crippen LogP) is 3.75. The van der Waals surface area contributed by atoms with Crippen molar-refractivity contribution in [2.45, 2.75) is 13.5 Å². The van der Waals surface area contributed by atoms with E-state index in [1.165, 1.54) is 10.9 Å². The summed E-state index contributed by atoms with van der Waals surface area (Å²) in [6, 6.07) is 10.3. The molecule has 0 atom stereocenters. The Labute approximate surface area is 107 Å². The summed E-state index contributed by atoms with van der Waals surface area (Å²) in [4.78, 5) is 0. The number of nitrogens with zero attached hydrogens (tertiary/aromatic N) is 2. The highest BCUT2D eigenvalue weighted by Crippen LogP contribution is 2.21. The van der Waals surface area contributed by atoms with Crippen LogP contribution in [0.5, 0.6) is 0 Å². The zero-order chi connectivity index (χ0) is 11.8. The second kappa shape index (κ2) is 4.04. The standard InChI is InChI=1S/C13H11BrN2O/c1-9-6-12(17-15-9)8-16-5-4-10-2-3-11(14)7-13(10)16/h2-7H,8H2,1H3. The summed E-state index contributed by atoms with van der Waals surface area (Å²) in [5.74, 6) is 0.875. The molecule has 0 spiro atoms. The van der Waals surface area contributed by atoms with Crippen LogP contribution in [0.25, 0.3) is 10.9 Å².